The molecule has 104 valence electrons. The minimum absolute atomic E-state index is 0.0592. The van der Waals surface area contributed by atoms with E-state index in [1.165, 1.54) is 0 Å². The van der Waals surface area contributed by atoms with Crippen LogP contribution in [0.4, 0.5) is 5.69 Å². The van der Waals surface area contributed by atoms with Crippen molar-refractivity contribution >= 4 is 11.6 Å². The molecule has 1 amide bonds. The van der Waals surface area contributed by atoms with Gasteiger partial charge in [0.15, 0.2) is 0 Å². The molecular weight excluding hydrogens is 240 g/mol. The second-order valence-electron chi connectivity index (χ2n) is 5.26. The van der Waals surface area contributed by atoms with Crippen molar-refractivity contribution < 1.29 is 9.90 Å². The summed E-state index contributed by atoms with van der Waals surface area (Å²) >= 11 is 0. The molecule has 19 heavy (non-hydrogen) atoms. The Hall–Kier alpha value is -1.39. The minimum atomic E-state index is -0.0592. The summed E-state index contributed by atoms with van der Waals surface area (Å²) in [6.45, 7) is 0.665. The van der Waals surface area contributed by atoms with E-state index in [2.05, 4.69) is 5.32 Å². The second kappa shape index (κ2) is 6.68. The van der Waals surface area contributed by atoms with Crippen LogP contribution < -0.4 is 11.1 Å². The lowest BCUT2D eigenvalue weighted by Crippen LogP contribution is -2.29. The van der Waals surface area contributed by atoms with Crippen LogP contribution in [0, 0.1) is 11.8 Å². The number of benzene rings is 1. The normalized spacial score (nSPS) is 23.1. The third-order valence-electron chi connectivity index (χ3n) is 4.00. The summed E-state index contributed by atoms with van der Waals surface area (Å²) in [5.74, 6) is 0.722. The maximum atomic E-state index is 12.2. The van der Waals surface area contributed by atoms with E-state index in [1.54, 1.807) is 0 Å². The van der Waals surface area contributed by atoms with Crippen LogP contribution in [0.25, 0.3) is 0 Å². The van der Waals surface area contributed by atoms with E-state index in [0.717, 1.165) is 43.5 Å². The molecule has 1 fully saturated rings. The predicted octanol–water partition coefficient (Wildman–Crippen LogP) is 1.88. The van der Waals surface area contributed by atoms with E-state index in [1.807, 2.05) is 24.3 Å². The molecule has 1 saturated carbocycles. The van der Waals surface area contributed by atoms with E-state index in [9.17, 15) is 9.90 Å². The van der Waals surface area contributed by atoms with E-state index < -0.39 is 0 Å². The summed E-state index contributed by atoms with van der Waals surface area (Å²) in [5, 5.41) is 12.2. The molecule has 0 aliphatic heterocycles. The van der Waals surface area contributed by atoms with Crippen LogP contribution in [0.2, 0.25) is 0 Å². The van der Waals surface area contributed by atoms with Crippen LogP contribution in [-0.2, 0) is 11.4 Å². The highest BCUT2D eigenvalue weighted by atomic mass is 16.3. The quantitative estimate of drug-likeness (QED) is 0.775. The SMILES string of the molecule is NCC1CCC(C(=O)Nc2ccccc2CO)CC1. The number of amides is 1. The van der Waals surface area contributed by atoms with Gasteiger partial charge in [0.05, 0.1) is 6.61 Å². The molecule has 0 bridgehead atoms. The van der Waals surface area contributed by atoms with Crippen molar-refractivity contribution in [2.45, 2.75) is 32.3 Å². The van der Waals surface area contributed by atoms with E-state index in [0.29, 0.717) is 5.92 Å². The maximum Gasteiger partial charge on any atom is 0.227 e. The Balaban J connectivity index is 1.94. The first-order chi connectivity index (χ1) is 9.24. The number of carbonyl (C=O) groups is 1. The van der Waals surface area contributed by atoms with Gasteiger partial charge in [-0.15, -0.1) is 0 Å². The smallest absolute Gasteiger partial charge is 0.227 e. The standard InChI is InChI=1S/C15H22N2O2/c16-9-11-5-7-12(8-6-11)15(19)17-14-4-2-1-3-13(14)10-18/h1-4,11-12,18H,5-10,16H2,(H,17,19). The van der Waals surface area contributed by atoms with Crippen molar-refractivity contribution in [1.82, 2.24) is 0 Å². The molecule has 0 spiro atoms. The average molecular weight is 262 g/mol. The number of aliphatic hydroxyl groups is 1. The van der Waals surface area contributed by atoms with Crippen molar-refractivity contribution in [3.8, 4) is 0 Å². The van der Waals surface area contributed by atoms with Gasteiger partial charge in [0.2, 0.25) is 5.91 Å². The lowest BCUT2D eigenvalue weighted by Gasteiger charge is -2.27. The molecule has 4 heteroatoms. The summed E-state index contributed by atoms with van der Waals surface area (Å²) in [6.07, 6.45) is 3.90. The van der Waals surface area contributed by atoms with Gasteiger partial charge in [-0.1, -0.05) is 18.2 Å². The molecule has 1 aliphatic rings. The molecule has 4 N–H and O–H groups in total. The van der Waals surface area contributed by atoms with E-state index in [-0.39, 0.29) is 18.4 Å². The van der Waals surface area contributed by atoms with Crippen LogP contribution in [0.15, 0.2) is 24.3 Å². The van der Waals surface area contributed by atoms with Gasteiger partial charge in [-0.05, 0) is 44.2 Å². The zero-order chi connectivity index (χ0) is 13.7. The molecule has 1 aromatic rings. The highest BCUT2D eigenvalue weighted by Crippen LogP contribution is 2.29. The Kier molecular flexibility index (Phi) is 4.93. The fourth-order valence-corrected chi connectivity index (χ4v) is 2.68. The fraction of sp³-hybridized carbons (Fsp3) is 0.533. The maximum absolute atomic E-state index is 12.2. The van der Waals surface area contributed by atoms with Gasteiger partial charge < -0.3 is 16.2 Å². The molecule has 2 rings (SSSR count). The number of aliphatic hydroxyl groups excluding tert-OH is 1. The largest absolute Gasteiger partial charge is 0.392 e. The molecule has 0 atom stereocenters. The van der Waals surface area contributed by atoms with Crippen LogP contribution in [0.1, 0.15) is 31.2 Å². The number of rotatable bonds is 4. The number of anilines is 1. The van der Waals surface area contributed by atoms with Gasteiger partial charge in [-0.3, -0.25) is 4.79 Å². The Morgan fingerprint density at radius 3 is 2.58 bits per heavy atom. The summed E-state index contributed by atoms with van der Waals surface area (Å²) in [5.41, 5.74) is 7.13. The van der Waals surface area contributed by atoms with Gasteiger partial charge >= 0.3 is 0 Å². The number of hydrogen-bond donors (Lipinski definition) is 3. The Morgan fingerprint density at radius 2 is 1.95 bits per heavy atom. The van der Waals surface area contributed by atoms with Crippen LogP contribution in [0.5, 0.6) is 0 Å². The number of nitrogens with two attached hydrogens (primary N) is 1. The molecule has 0 heterocycles. The predicted molar refractivity (Wildman–Crippen MR) is 75.5 cm³/mol. The van der Waals surface area contributed by atoms with Crippen LogP contribution >= 0.6 is 0 Å². The topological polar surface area (TPSA) is 75.4 Å². The Morgan fingerprint density at radius 1 is 1.26 bits per heavy atom. The summed E-state index contributed by atoms with van der Waals surface area (Å²) in [4.78, 5) is 12.2. The minimum Gasteiger partial charge on any atom is -0.392 e. The second-order valence-corrected chi connectivity index (χ2v) is 5.26. The molecule has 0 radical (unpaired) electrons. The monoisotopic (exact) mass is 262 g/mol. The number of carbonyl (C=O) groups excluding carboxylic acids is 1. The van der Waals surface area contributed by atoms with Crippen molar-refractivity contribution in [3.63, 3.8) is 0 Å². The first-order valence-corrected chi connectivity index (χ1v) is 6.94. The zero-order valence-corrected chi connectivity index (χ0v) is 11.1. The van der Waals surface area contributed by atoms with Crippen molar-refractivity contribution in [1.29, 1.82) is 0 Å². The molecule has 0 saturated heterocycles. The molecule has 1 aliphatic carbocycles. The summed E-state index contributed by atoms with van der Waals surface area (Å²) in [7, 11) is 0. The number of hydrogen-bond acceptors (Lipinski definition) is 3. The molecule has 1 aromatic carbocycles. The van der Waals surface area contributed by atoms with E-state index >= 15 is 0 Å². The van der Waals surface area contributed by atoms with Gasteiger partial charge in [0.1, 0.15) is 0 Å². The highest BCUT2D eigenvalue weighted by molar-refractivity contribution is 5.93. The molecular formula is C15H22N2O2. The van der Waals surface area contributed by atoms with E-state index in [4.69, 9.17) is 5.73 Å². The number of nitrogens with one attached hydrogen (secondary N) is 1. The fourth-order valence-electron chi connectivity index (χ4n) is 2.68. The van der Waals surface area contributed by atoms with Crippen molar-refractivity contribution in [2.24, 2.45) is 17.6 Å². The lowest BCUT2D eigenvalue weighted by molar-refractivity contribution is -0.121. The third-order valence-corrected chi connectivity index (χ3v) is 4.00. The van der Waals surface area contributed by atoms with Crippen molar-refractivity contribution in [3.05, 3.63) is 29.8 Å². The van der Waals surface area contributed by atoms with Gasteiger partial charge in [-0.25, -0.2) is 0 Å². The zero-order valence-electron chi connectivity index (χ0n) is 11.1. The summed E-state index contributed by atoms with van der Waals surface area (Å²) in [6, 6.07) is 7.36. The Bertz CT molecular complexity index is 426. The molecule has 0 aromatic heterocycles. The highest BCUT2D eigenvalue weighted by Gasteiger charge is 2.25. The average Bonchev–Trinajstić information content (AvgIpc) is 2.48. The van der Waals surface area contributed by atoms with Crippen molar-refractivity contribution in [2.75, 3.05) is 11.9 Å². The number of para-hydroxylation sites is 1. The Labute approximate surface area is 114 Å². The first-order valence-electron chi connectivity index (χ1n) is 6.94. The van der Waals surface area contributed by atoms with Gasteiger partial charge in [-0.2, -0.15) is 0 Å². The van der Waals surface area contributed by atoms with Gasteiger partial charge in [0.25, 0.3) is 0 Å². The molecule has 4 nitrogen and oxygen atoms in total. The lowest BCUT2D eigenvalue weighted by atomic mass is 9.81. The van der Waals surface area contributed by atoms with Crippen LogP contribution in [-0.4, -0.2) is 17.6 Å². The molecule has 0 unspecified atom stereocenters. The summed E-state index contributed by atoms with van der Waals surface area (Å²) < 4.78 is 0. The first kappa shape index (κ1) is 14.0. The van der Waals surface area contributed by atoms with Gasteiger partial charge in [0, 0.05) is 17.2 Å². The third kappa shape index (κ3) is 3.55. The van der Waals surface area contributed by atoms with Crippen LogP contribution in [0.3, 0.4) is 0 Å².